The summed E-state index contributed by atoms with van der Waals surface area (Å²) in [5.41, 5.74) is 7.59. The summed E-state index contributed by atoms with van der Waals surface area (Å²) in [5, 5.41) is 19.4. The molecule has 0 amide bonds. The van der Waals surface area contributed by atoms with Gasteiger partial charge in [0.1, 0.15) is 13.2 Å². The first-order valence-corrected chi connectivity index (χ1v) is 12.6. The predicted molar refractivity (Wildman–Crippen MR) is 139 cm³/mol. The van der Waals surface area contributed by atoms with Crippen LogP contribution in [0, 0.1) is 0 Å². The van der Waals surface area contributed by atoms with E-state index in [1.165, 1.54) is 0 Å². The molecule has 194 valence electrons. The molecule has 10 heteroatoms. The van der Waals surface area contributed by atoms with E-state index < -0.39 is 11.6 Å². The van der Waals surface area contributed by atoms with Crippen LogP contribution in [0.4, 0.5) is 0 Å². The number of nitrogens with zero attached hydrogens (tertiary/aromatic N) is 3. The molecule has 1 aromatic carbocycles. The largest absolute Gasteiger partial charge is 0.458 e. The van der Waals surface area contributed by atoms with Crippen LogP contribution in [-0.4, -0.2) is 53.1 Å². The van der Waals surface area contributed by atoms with Crippen LogP contribution in [0.25, 0.3) is 22.3 Å². The number of aliphatic hydroxyl groups is 1. The van der Waals surface area contributed by atoms with Crippen molar-refractivity contribution in [3.63, 3.8) is 0 Å². The molecule has 3 aromatic rings. The summed E-state index contributed by atoms with van der Waals surface area (Å²) >= 11 is 0. The van der Waals surface area contributed by atoms with Crippen molar-refractivity contribution in [3.8, 4) is 11.4 Å². The van der Waals surface area contributed by atoms with Crippen LogP contribution in [0.1, 0.15) is 48.4 Å². The Hall–Kier alpha value is -3.60. The average Bonchev–Trinajstić information content (AvgIpc) is 3.27. The molecule has 0 bridgehead atoms. The van der Waals surface area contributed by atoms with E-state index in [2.05, 4.69) is 10.5 Å². The Balaban J connectivity index is 1.43. The number of nitrogens with two attached hydrogens (primary N) is 1. The Bertz CT molecular complexity index is 1430. The first kappa shape index (κ1) is 25.1. The monoisotopic (exact) mass is 505 g/mol. The summed E-state index contributed by atoms with van der Waals surface area (Å²) in [6, 6.07) is 9.52. The molecule has 0 saturated heterocycles. The highest BCUT2D eigenvalue weighted by molar-refractivity contribution is 5.98. The number of hydrogen-bond donors (Lipinski definition) is 3. The van der Waals surface area contributed by atoms with Crippen LogP contribution >= 0.6 is 0 Å². The molecule has 4 heterocycles. The molecule has 5 rings (SSSR count). The third-order valence-corrected chi connectivity index (χ3v) is 7.01. The fraction of sp³-hybridized carbons (Fsp3) is 0.407. The standard InChI is InChI=1S/C27H31N5O5/c1-2-27(35)21-13-22-24-19(15-32(22)25(33)20(21)16-36-26(27)34)12-17-6-5-7-18(23(17)31-24)14-30-37-11-10-29-9-4-3-8-28/h5-7,12-14,29,35H,2-4,8-11,15-16,28H2,1H3/b30-14+/t27-/m0/s1. The minimum Gasteiger partial charge on any atom is -0.458 e. The van der Waals surface area contributed by atoms with Crippen molar-refractivity contribution in [3.05, 3.63) is 62.9 Å². The van der Waals surface area contributed by atoms with Crippen LogP contribution in [0.3, 0.4) is 0 Å². The lowest BCUT2D eigenvalue weighted by Gasteiger charge is -2.31. The predicted octanol–water partition coefficient (Wildman–Crippen LogP) is 1.76. The van der Waals surface area contributed by atoms with Gasteiger partial charge in [-0.15, -0.1) is 0 Å². The summed E-state index contributed by atoms with van der Waals surface area (Å²) in [6.07, 6.45) is 3.77. The number of ether oxygens (including phenoxy) is 1. The van der Waals surface area contributed by atoms with Gasteiger partial charge >= 0.3 is 5.97 Å². The zero-order chi connectivity index (χ0) is 26.0. The van der Waals surface area contributed by atoms with Crippen molar-refractivity contribution < 1.29 is 19.5 Å². The zero-order valence-corrected chi connectivity index (χ0v) is 20.8. The van der Waals surface area contributed by atoms with E-state index in [1.807, 2.05) is 24.3 Å². The number of benzene rings is 1. The van der Waals surface area contributed by atoms with Gasteiger partial charge in [-0.1, -0.05) is 30.3 Å². The maximum absolute atomic E-state index is 13.3. The molecule has 0 radical (unpaired) electrons. The number of carbonyl (C=O) groups excluding carboxylic acids is 1. The van der Waals surface area contributed by atoms with E-state index in [4.69, 9.17) is 20.3 Å². The summed E-state index contributed by atoms with van der Waals surface area (Å²) < 4.78 is 6.77. The highest BCUT2D eigenvalue weighted by Gasteiger charge is 2.45. The van der Waals surface area contributed by atoms with Crippen LogP contribution in [0.15, 0.2) is 40.3 Å². The second kappa shape index (κ2) is 10.4. The van der Waals surface area contributed by atoms with Crippen molar-refractivity contribution in [2.45, 2.75) is 44.9 Å². The summed E-state index contributed by atoms with van der Waals surface area (Å²) in [7, 11) is 0. The molecular formula is C27H31N5O5. The smallest absolute Gasteiger partial charge is 0.343 e. The van der Waals surface area contributed by atoms with Crippen molar-refractivity contribution in [2.24, 2.45) is 10.9 Å². The normalized spacial score (nSPS) is 18.1. The summed E-state index contributed by atoms with van der Waals surface area (Å²) in [5.74, 6) is -0.735. The van der Waals surface area contributed by atoms with E-state index in [-0.39, 0.29) is 18.6 Å². The zero-order valence-electron chi connectivity index (χ0n) is 20.8. The third kappa shape index (κ3) is 4.52. The molecule has 2 aliphatic rings. The highest BCUT2D eigenvalue weighted by atomic mass is 16.6. The maximum atomic E-state index is 13.3. The van der Waals surface area contributed by atoms with Gasteiger partial charge in [0.15, 0.2) is 5.60 Å². The molecule has 0 unspecified atom stereocenters. The highest BCUT2D eigenvalue weighted by Crippen LogP contribution is 2.38. The van der Waals surface area contributed by atoms with Crippen molar-refractivity contribution in [2.75, 3.05) is 26.2 Å². The van der Waals surface area contributed by atoms with Crippen LogP contribution in [0.5, 0.6) is 0 Å². The molecule has 0 fully saturated rings. The van der Waals surface area contributed by atoms with Gasteiger partial charge in [0, 0.05) is 28.6 Å². The van der Waals surface area contributed by atoms with E-state index in [0.29, 0.717) is 48.8 Å². The molecule has 0 spiro atoms. The summed E-state index contributed by atoms with van der Waals surface area (Å²) in [6.45, 7) is 4.63. The Morgan fingerprint density at radius 1 is 1.30 bits per heavy atom. The van der Waals surface area contributed by atoms with Crippen molar-refractivity contribution >= 4 is 23.1 Å². The second-order valence-corrected chi connectivity index (χ2v) is 9.33. The third-order valence-electron chi connectivity index (χ3n) is 7.01. The number of rotatable bonds is 10. The Kier molecular flexibility index (Phi) is 7.05. The number of cyclic esters (lactones) is 1. The number of fused-ring (bicyclic) bond motifs is 5. The Labute approximate surface area is 214 Å². The van der Waals surface area contributed by atoms with Gasteiger partial charge in [0.05, 0.1) is 35.2 Å². The molecule has 0 saturated carbocycles. The Morgan fingerprint density at radius 3 is 2.97 bits per heavy atom. The van der Waals surface area contributed by atoms with Gasteiger partial charge in [-0.2, -0.15) is 0 Å². The lowest BCUT2D eigenvalue weighted by atomic mass is 9.86. The maximum Gasteiger partial charge on any atom is 0.343 e. The van der Waals surface area contributed by atoms with Gasteiger partial charge in [0.25, 0.3) is 5.56 Å². The second-order valence-electron chi connectivity index (χ2n) is 9.33. The van der Waals surface area contributed by atoms with E-state index in [1.54, 1.807) is 23.8 Å². The van der Waals surface area contributed by atoms with E-state index in [0.717, 1.165) is 41.4 Å². The minimum absolute atomic E-state index is 0.101. The van der Waals surface area contributed by atoms with Gasteiger partial charge in [-0.3, -0.25) is 4.79 Å². The topological polar surface area (TPSA) is 141 Å². The number of carbonyl (C=O) groups is 1. The quantitative estimate of drug-likeness (QED) is 0.128. The van der Waals surface area contributed by atoms with Crippen molar-refractivity contribution in [1.29, 1.82) is 0 Å². The van der Waals surface area contributed by atoms with Crippen LogP contribution in [0.2, 0.25) is 0 Å². The first-order valence-electron chi connectivity index (χ1n) is 12.6. The summed E-state index contributed by atoms with van der Waals surface area (Å²) in [4.78, 5) is 36.0. The van der Waals surface area contributed by atoms with E-state index in [9.17, 15) is 14.7 Å². The number of unbranched alkanes of at least 4 members (excludes halogenated alkanes) is 1. The number of hydrogen-bond acceptors (Lipinski definition) is 9. The Morgan fingerprint density at radius 2 is 2.16 bits per heavy atom. The van der Waals surface area contributed by atoms with Crippen LogP contribution in [-0.2, 0) is 33.1 Å². The van der Waals surface area contributed by atoms with E-state index >= 15 is 0 Å². The number of para-hydroxylation sites is 1. The van der Waals surface area contributed by atoms with Gasteiger partial charge in [-0.25, -0.2) is 9.78 Å². The number of nitrogens with one attached hydrogen (secondary N) is 1. The average molecular weight is 506 g/mol. The molecular weight excluding hydrogens is 474 g/mol. The number of esters is 1. The fourth-order valence-corrected chi connectivity index (χ4v) is 4.92. The molecule has 4 N–H and O–H groups in total. The van der Waals surface area contributed by atoms with Gasteiger partial charge in [0.2, 0.25) is 0 Å². The first-order chi connectivity index (χ1) is 18.0. The van der Waals surface area contributed by atoms with Gasteiger partial charge in [-0.05, 0) is 44.5 Å². The minimum atomic E-state index is -1.85. The molecule has 37 heavy (non-hydrogen) atoms. The lowest BCUT2D eigenvalue weighted by Crippen LogP contribution is -2.44. The SMILES string of the molecule is CC[C@@]1(O)C(=O)OCc2c1cc1n(c2=O)Cc2cc3cccc(/C=N/OCCNCCCCN)c3nc2-1. The molecule has 1 atom stereocenters. The number of pyridine rings is 2. The molecule has 2 aromatic heterocycles. The van der Waals surface area contributed by atoms with Crippen LogP contribution < -0.4 is 16.6 Å². The van der Waals surface area contributed by atoms with Crippen molar-refractivity contribution in [1.82, 2.24) is 14.9 Å². The molecule has 0 aliphatic carbocycles. The number of oxime groups is 1. The fourth-order valence-electron chi connectivity index (χ4n) is 4.92. The number of aromatic nitrogens is 2. The molecule has 10 nitrogen and oxygen atoms in total. The lowest BCUT2D eigenvalue weighted by molar-refractivity contribution is -0.172. The molecule has 2 aliphatic heterocycles. The van der Waals surface area contributed by atoms with Gasteiger partial charge < -0.3 is 30.3 Å².